The number of nitrogens with zero attached hydrogens (tertiary/aromatic N) is 2. The second kappa shape index (κ2) is 3.15. The number of aromatic amines is 1. The first-order valence-electron chi connectivity index (χ1n) is 3.41. The highest BCUT2D eigenvalue weighted by Crippen LogP contribution is 1.64. The van der Waals surface area contributed by atoms with Gasteiger partial charge in [0, 0.05) is 7.05 Å². The van der Waals surface area contributed by atoms with Crippen LogP contribution in [0.5, 0.6) is 0 Å². The molecule has 1 rings (SSSR count). The number of hydrogen-bond donors (Lipinski definition) is 1. The SMILES string of the molecule is C#CCn1c(=O)[nH]c(=O)n(C)c1=O. The maximum absolute atomic E-state index is 11.2. The van der Waals surface area contributed by atoms with Crippen LogP contribution >= 0.6 is 0 Å². The predicted octanol–water partition coefficient (Wildman–Crippen LogP) is -2.13. The van der Waals surface area contributed by atoms with Crippen molar-refractivity contribution in [2.45, 2.75) is 6.54 Å². The van der Waals surface area contributed by atoms with Gasteiger partial charge in [0.05, 0.1) is 6.54 Å². The molecule has 1 heterocycles. The van der Waals surface area contributed by atoms with Gasteiger partial charge in [-0.25, -0.2) is 23.5 Å². The zero-order chi connectivity index (χ0) is 10.0. The van der Waals surface area contributed by atoms with Gasteiger partial charge in [0.15, 0.2) is 0 Å². The average Bonchev–Trinajstić information content (AvgIpc) is 2.09. The smallest absolute Gasteiger partial charge is 0.259 e. The fourth-order valence-corrected chi connectivity index (χ4v) is 0.828. The predicted molar refractivity (Wildman–Crippen MR) is 45.4 cm³/mol. The van der Waals surface area contributed by atoms with Crippen molar-refractivity contribution in [3.8, 4) is 12.3 Å². The van der Waals surface area contributed by atoms with Crippen LogP contribution < -0.4 is 17.1 Å². The lowest BCUT2D eigenvalue weighted by molar-refractivity contribution is 0.598. The number of nitrogens with one attached hydrogen (secondary N) is 1. The van der Waals surface area contributed by atoms with Crippen LogP contribution in [0.2, 0.25) is 0 Å². The van der Waals surface area contributed by atoms with E-state index in [4.69, 9.17) is 6.42 Å². The second-order valence-corrected chi connectivity index (χ2v) is 2.37. The Bertz CT molecular complexity index is 526. The number of H-pyrrole nitrogens is 1. The molecule has 0 aliphatic carbocycles. The van der Waals surface area contributed by atoms with Crippen LogP contribution in [0.1, 0.15) is 0 Å². The molecule has 0 atom stereocenters. The normalized spacial score (nSPS) is 9.54. The molecule has 1 aromatic rings. The van der Waals surface area contributed by atoms with Crippen molar-refractivity contribution in [1.29, 1.82) is 0 Å². The Morgan fingerprint density at radius 1 is 1.38 bits per heavy atom. The molecule has 0 aromatic carbocycles. The zero-order valence-electron chi connectivity index (χ0n) is 6.90. The topological polar surface area (TPSA) is 76.9 Å². The molecule has 0 amide bonds. The van der Waals surface area contributed by atoms with Crippen molar-refractivity contribution in [2.75, 3.05) is 0 Å². The van der Waals surface area contributed by atoms with Crippen LogP contribution in [0.4, 0.5) is 0 Å². The lowest BCUT2D eigenvalue weighted by Crippen LogP contribution is -2.48. The molecule has 0 aliphatic heterocycles. The van der Waals surface area contributed by atoms with Crippen molar-refractivity contribution in [2.24, 2.45) is 7.05 Å². The van der Waals surface area contributed by atoms with Crippen LogP contribution in [-0.4, -0.2) is 14.1 Å². The maximum Gasteiger partial charge on any atom is 0.336 e. The summed E-state index contributed by atoms with van der Waals surface area (Å²) in [7, 11) is 1.26. The molecule has 6 nitrogen and oxygen atoms in total. The highest BCUT2D eigenvalue weighted by molar-refractivity contribution is 4.86. The summed E-state index contributed by atoms with van der Waals surface area (Å²) in [6.07, 6.45) is 4.94. The van der Waals surface area contributed by atoms with Gasteiger partial charge in [-0.05, 0) is 0 Å². The van der Waals surface area contributed by atoms with Crippen LogP contribution in [0, 0.1) is 12.3 Å². The Kier molecular flexibility index (Phi) is 2.19. The second-order valence-electron chi connectivity index (χ2n) is 2.37. The number of aromatic nitrogens is 3. The van der Waals surface area contributed by atoms with E-state index in [2.05, 4.69) is 5.92 Å². The molecule has 1 N–H and O–H groups in total. The minimum Gasteiger partial charge on any atom is -0.259 e. The van der Waals surface area contributed by atoms with Crippen LogP contribution in [0.25, 0.3) is 0 Å². The first-order chi connectivity index (χ1) is 6.07. The van der Waals surface area contributed by atoms with Gasteiger partial charge >= 0.3 is 17.1 Å². The molecule has 0 aliphatic rings. The molecule has 13 heavy (non-hydrogen) atoms. The monoisotopic (exact) mass is 181 g/mol. The molecule has 0 radical (unpaired) electrons. The minimum absolute atomic E-state index is 0.151. The van der Waals surface area contributed by atoms with Gasteiger partial charge in [-0.1, -0.05) is 5.92 Å². The van der Waals surface area contributed by atoms with E-state index in [9.17, 15) is 14.4 Å². The lowest BCUT2D eigenvalue weighted by atomic mass is 10.6. The van der Waals surface area contributed by atoms with Crippen molar-refractivity contribution in [3.63, 3.8) is 0 Å². The van der Waals surface area contributed by atoms with Gasteiger partial charge in [0.25, 0.3) is 0 Å². The summed E-state index contributed by atoms with van der Waals surface area (Å²) in [5, 5.41) is 0. The molecule has 68 valence electrons. The summed E-state index contributed by atoms with van der Waals surface area (Å²) in [6, 6.07) is 0. The lowest BCUT2D eigenvalue weighted by Gasteiger charge is -2.00. The van der Waals surface area contributed by atoms with E-state index in [1.807, 2.05) is 4.98 Å². The summed E-state index contributed by atoms with van der Waals surface area (Å²) < 4.78 is 1.54. The Hall–Kier alpha value is -2.03. The minimum atomic E-state index is -0.786. The highest BCUT2D eigenvalue weighted by atomic mass is 16.2. The molecule has 0 fully saturated rings. The quantitative estimate of drug-likeness (QED) is 0.503. The van der Waals surface area contributed by atoms with Gasteiger partial charge in [-0.3, -0.25) is 4.98 Å². The van der Waals surface area contributed by atoms with Crippen molar-refractivity contribution in [3.05, 3.63) is 31.5 Å². The van der Waals surface area contributed by atoms with Gasteiger partial charge in [-0.15, -0.1) is 6.42 Å². The van der Waals surface area contributed by atoms with Crippen molar-refractivity contribution >= 4 is 0 Å². The zero-order valence-corrected chi connectivity index (χ0v) is 6.90. The fraction of sp³-hybridized carbons (Fsp3) is 0.286. The Morgan fingerprint density at radius 3 is 2.54 bits per heavy atom. The molecule has 6 heteroatoms. The van der Waals surface area contributed by atoms with Crippen molar-refractivity contribution < 1.29 is 0 Å². The van der Waals surface area contributed by atoms with E-state index < -0.39 is 17.1 Å². The van der Waals surface area contributed by atoms with E-state index in [0.717, 1.165) is 9.13 Å². The third kappa shape index (κ3) is 1.44. The molecule has 0 saturated carbocycles. The summed E-state index contributed by atoms with van der Waals surface area (Å²) in [6.45, 7) is -0.151. The van der Waals surface area contributed by atoms with E-state index in [1.165, 1.54) is 7.05 Å². The number of hydrogen-bond acceptors (Lipinski definition) is 3. The summed E-state index contributed by atoms with van der Waals surface area (Å²) in [5.74, 6) is 2.14. The molecule has 1 aromatic heterocycles. The highest BCUT2D eigenvalue weighted by Gasteiger charge is 2.03. The number of rotatable bonds is 1. The van der Waals surface area contributed by atoms with E-state index in [1.54, 1.807) is 0 Å². The maximum atomic E-state index is 11.2. The van der Waals surface area contributed by atoms with Gasteiger partial charge in [0.2, 0.25) is 0 Å². The largest absolute Gasteiger partial charge is 0.336 e. The van der Waals surface area contributed by atoms with Crippen LogP contribution in [0.3, 0.4) is 0 Å². The van der Waals surface area contributed by atoms with Crippen molar-refractivity contribution in [1.82, 2.24) is 14.1 Å². The first kappa shape index (κ1) is 9.06. The van der Waals surface area contributed by atoms with E-state index >= 15 is 0 Å². The summed E-state index contributed by atoms with van der Waals surface area (Å²) >= 11 is 0. The average molecular weight is 181 g/mol. The van der Waals surface area contributed by atoms with E-state index in [-0.39, 0.29) is 6.54 Å². The molecule has 0 saturated heterocycles. The van der Waals surface area contributed by atoms with Gasteiger partial charge in [0.1, 0.15) is 0 Å². The molecule has 0 spiro atoms. The molecular weight excluding hydrogens is 174 g/mol. The standard InChI is InChI=1S/C7H7N3O3/c1-3-4-10-6(12)8-5(11)9(2)7(10)13/h1H,4H2,2H3,(H,8,11,12). The summed E-state index contributed by atoms with van der Waals surface area (Å²) in [5.41, 5.74) is -2.25. The summed E-state index contributed by atoms with van der Waals surface area (Å²) in [4.78, 5) is 35.0. The molecule has 0 unspecified atom stereocenters. The third-order valence-electron chi connectivity index (χ3n) is 1.53. The Morgan fingerprint density at radius 2 is 2.00 bits per heavy atom. The Labute approximate surface area is 72.5 Å². The van der Waals surface area contributed by atoms with Crippen LogP contribution in [-0.2, 0) is 13.6 Å². The molecule has 0 bridgehead atoms. The Balaban J connectivity index is 3.66. The number of terminal acetylenes is 1. The third-order valence-corrected chi connectivity index (χ3v) is 1.53. The first-order valence-corrected chi connectivity index (χ1v) is 3.41. The van der Waals surface area contributed by atoms with Crippen LogP contribution in [0.15, 0.2) is 14.4 Å². The van der Waals surface area contributed by atoms with Gasteiger partial charge in [-0.2, -0.15) is 0 Å². The molecular formula is C7H7N3O3. The fourth-order valence-electron chi connectivity index (χ4n) is 0.828. The van der Waals surface area contributed by atoms with E-state index in [0.29, 0.717) is 0 Å². The van der Waals surface area contributed by atoms with Gasteiger partial charge < -0.3 is 0 Å².